The minimum absolute atomic E-state index is 0.910. The fourth-order valence-electron chi connectivity index (χ4n) is 3.96. The fourth-order valence-corrected chi connectivity index (χ4v) is 3.96. The number of hydrogen-bond donors (Lipinski definition) is 0. The summed E-state index contributed by atoms with van der Waals surface area (Å²) in [6, 6.07) is 10.7. The zero-order valence-corrected chi connectivity index (χ0v) is 15.0. The zero-order chi connectivity index (χ0) is 16.9. The van der Waals surface area contributed by atoms with Crippen molar-refractivity contribution < 1.29 is 0 Å². The predicted octanol–water partition coefficient (Wildman–Crippen LogP) is 4.05. The van der Waals surface area contributed by atoms with E-state index in [1.807, 2.05) is 0 Å². The third kappa shape index (κ3) is 3.94. The average Bonchev–Trinajstić information content (AvgIpc) is 2.70. The normalized spacial score (nSPS) is 18.4. The van der Waals surface area contributed by atoms with Crippen molar-refractivity contribution in [2.45, 2.75) is 44.9 Å². The molecule has 25 heavy (non-hydrogen) atoms. The second-order valence-electron chi connectivity index (χ2n) is 7.28. The molecule has 4 nitrogen and oxygen atoms in total. The van der Waals surface area contributed by atoms with Crippen LogP contribution in [0.1, 0.15) is 49.7 Å². The highest BCUT2D eigenvalue weighted by Crippen LogP contribution is 2.27. The van der Waals surface area contributed by atoms with Gasteiger partial charge in [0.25, 0.3) is 0 Å². The number of anilines is 2. The SMILES string of the molecule is c1ccc(Cc2cnc(N3CCCCC3)nc2N2CCCCC2)cc1. The molecule has 132 valence electrons. The molecule has 2 aliphatic rings. The molecule has 4 heteroatoms. The van der Waals surface area contributed by atoms with Gasteiger partial charge in [0.2, 0.25) is 5.95 Å². The summed E-state index contributed by atoms with van der Waals surface area (Å²) in [7, 11) is 0. The van der Waals surface area contributed by atoms with Crippen molar-refractivity contribution in [1.82, 2.24) is 9.97 Å². The first-order chi connectivity index (χ1) is 12.4. The van der Waals surface area contributed by atoms with Gasteiger partial charge < -0.3 is 9.80 Å². The summed E-state index contributed by atoms with van der Waals surface area (Å²) in [6.07, 6.45) is 10.7. The van der Waals surface area contributed by atoms with E-state index in [2.05, 4.69) is 46.3 Å². The van der Waals surface area contributed by atoms with E-state index in [-0.39, 0.29) is 0 Å². The van der Waals surface area contributed by atoms with Crippen LogP contribution in [0.2, 0.25) is 0 Å². The molecule has 0 spiro atoms. The van der Waals surface area contributed by atoms with Crippen LogP contribution in [0, 0.1) is 0 Å². The summed E-state index contributed by atoms with van der Waals surface area (Å²) < 4.78 is 0. The van der Waals surface area contributed by atoms with E-state index in [1.165, 1.54) is 55.5 Å². The number of hydrogen-bond acceptors (Lipinski definition) is 4. The van der Waals surface area contributed by atoms with Crippen LogP contribution in [0.15, 0.2) is 36.5 Å². The highest BCUT2D eigenvalue weighted by molar-refractivity contribution is 5.52. The Labute approximate surface area is 150 Å². The maximum absolute atomic E-state index is 5.06. The van der Waals surface area contributed by atoms with E-state index in [4.69, 9.17) is 9.97 Å². The second-order valence-corrected chi connectivity index (χ2v) is 7.28. The Morgan fingerprint density at radius 3 is 2.08 bits per heavy atom. The van der Waals surface area contributed by atoms with Crippen LogP contribution in [-0.4, -0.2) is 36.1 Å². The molecule has 0 bridgehead atoms. The summed E-state index contributed by atoms with van der Waals surface area (Å²) >= 11 is 0. The lowest BCUT2D eigenvalue weighted by Gasteiger charge is -2.32. The van der Waals surface area contributed by atoms with Crippen molar-refractivity contribution >= 4 is 11.8 Å². The van der Waals surface area contributed by atoms with Gasteiger partial charge in [-0.15, -0.1) is 0 Å². The molecule has 2 aromatic rings. The van der Waals surface area contributed by atoms with Crippen LogP contribution < -0.4 is 9.80 Å². The lowest BCUT2D eigenvalue weighted by atomic mass is 10.1. The lowest BCUT2D eigenvalue weighted by Crippen LogP contribution is -2.34. The molecule has 4 rings (SSSR count). The van der Waals surface area contributed by atoms with E-state index in [9.17, 15) is 0 Å². The first-order valence-corrected chi connectivity index (χ1v) is 9.80. The standard InChI is InChI=1S/C21H28N4/c1-4-10-18(11-5-1)16-19-17-22-21(25-14-8-3-9-15-25)23-20(19)24-12-6-2-7-13-24/h1,4-5,10-11,17H,2-3,6-9,12-16H2. The summed E-state index contributed by atoms with van der Waals surface area (Å²) in [5.74, 6) is 2.09. The maximum atomic E-state index is 5.06. The summed E-state index contributed by atoms with van der Waals surface area (Å²) in [5, 5.41) is 0. The highest BCUT2D eigenvalue weighted by atomic mass is 15.3. The van der Waals surface area contributed by atoms with E-state index in [0.717, 1.165) is 38.5 Å². The van der Waals surface area contributed by atoms with Gasteiger partial charge in [0, 0.05) is 44.4 Å². The minimum atomic E-state index is 0.910. The molecule has 0 amide bonds. The molecule has 2 aliphatic heterocycles. The third-order valence-electron chi connectivity index (χ3n) is 5.36. The van der Waals surface area contributed by atoms with Gasteiger partial charge in [-0.1, -0.05) is 30.3 Å². The van der Waals surface area contributed by atoms with E-state index >= 15 is 0 Å². The molecule has 1 aromatic heterocycles. The molecule has 0 aliphatic carbocycles. The molecule has 0 radical (unpaired) electrons. The Kier molecular flexibility index (Phi) is 5.14. The second kappa shape index (κ2) is 7.85. The zero-order valence-electron chi connectivity index (χ0n) is 15.0. The van der Waals surface area contributed by atoms with Crippen LogP contribution in [0.4, 0.5) is 11.8 Å². The van der Waals surface area contributed by atoms with Crippen molar-refractivity contribution in [2.75, 3.05) is 36.0 Å². The minimum Gasteiger partial charge on any atom is -0.356 e. The van der Waals surface area contributed by atoms with Gasteiger partial charge in [-0.05, 0) is 44.1 Å². The van der Waals surface area contributed by atoms with Gasteiger partial charge in [-0.25, -0.2) is 4.98 Å². The molecule has 2 fully saturated rings. The molecule has 0 atom stereocenters. The van der Waals surface area contributed by atoms with Crippen molar-refractivity contribution in [1.29, 1.82) is 0 Å². The highest BCUT2D eigenvalue weighted by Gasteiger charge is 2.20. The van der Waals surface area contributed by atoms with Gasteiger partial charge in [0.1, 0.15) is 5.82 Å². The average molecular weight is 336 g/mol. The van der Waals surface area contributed by atoms with Crippen LogP contribution in [0.3, 0.4) is 0 Å². The summed E-state index contributed by atoms with van der Waals surface area (Å²) in [6.45, 7) is 4.44. The molecule has 3 heterocycles. The smallest absolute Gasteiger partial charge is 0.227 e. The first kappa shape index (κ1) is 16.4. The van der Waals surface area contributed by atoms with Crippen LogP contribution in [-0.2, 0) is 6.42 Å². The molecule has 1 aromatic carbocycles. The van der Waals surface area contributed by atoms with Crippen LogP contribution in [0.5, 0.6) is 0 Å². The van der Waals surface area contributed by atoms with Crippen molar-refractivity contribution in [2.24, 2.45) is 0 Å². The van der Waals surface area contributed by atoms with E-state index in [1.54, 1.807) is 0 Å². The van der Waals surface area contributed by atoms with Crippen molar-refractivity contribution in [3.05, 3.63) is 47.7 Å². The van der Waals surface area contributed by atoms with Gasteiger partial charge in [-0.2, -0.15) is 4.98 Å². The molecule has 0 unspecified atom stereocenters. The summed E-state index contributed by atoms with van der Waals surface area (Å²) in [4.78, 5) is 14.6. The number of aromatic nitrogens is 2. The van der Waals surface area contributed by atoms with Crippen molar-refractivity contribution in [3.63, 3.8) is 0 Å². The number of benzene rings is 1. The largest absolute Gasteiger partial charge is 0.356 e. The Hall–Kier alpha value is -2.10. The van der Waals surface area contributed by atoms with Gasteiger partial charge in [-0.3, -0.25) is 0 Å². The maximum Gasteiger partial charge on any atom is 0.227 e. The van der Waals surface area contributed by atoms with E-state index < -0.39 is 0 Å². The number of nitrogens with zero attached hydrogens (tertiary/aromatic N) is 4. The molecular formula is C21H28N4. The molecule has 0 N–H and O–H groups in total. The Balaban J connectivity index is 1.64. The lowest BCUT2D eigenvalue weighted by molar-refractivity contribution is 0.559. The fraction of sp³-hybridized carbons (Fsp3) is 0.524. The first-order valence-electron chi connectivity index (χ1n) is 9.80. The Morgan fingerprint density at radius 2 is 1.40 bits per heavy atom. The molecule has 2 saturated heterocycles. The monoisotopic (exact) mass is 336 g/mol. The van der Waals surface area contributed by atoms with E-state index in [0.29, 0.717) is 0 Å². The van der Waals surface area contributed by atoms with Crippen LogP contribution >= 0.6 is 0 Å². The third-order valence-corrected chi connectivity index (χ3v) is 5.36. The Morgan fingerprint density at radius 1 is 0.760 bits per heavy atom. The quantitative estimate of drug-likeness (QED) is 0.843. The van der Waals surface area contributed by atoms with Gasteiger partial charge in [0.15, 0.2) is 0 Å². The number of piperidine rings is 2. The summed E-state index contributed by atoms with van der Waals surface area (Å²) in [5.41, 5.74) is 2.59. The topological polar surface area (TPSA) is 32.3 Å². The Bertz CT molecular complexity index is 674. The molecule has 0 saturated carbocycles. The predicted molar refractivity (Wildman–Crippen MR) is 103 cm³/mol. The number of rotatable bonds is 4. The van der Waals surface area contributed by atoms with Gasteiger partial charge >= 0.3 is 0 Å². The molecular weight excluding hydrogens is 308 g/mol. The van der Waals surface area contributed by atoms with Crippen molar-refractivity contribution in [3.8, 4) is 0 Å². The van der Waals surface area contributed by atoms with Gasteiger partial charge in [0.05, 0.1) is 0 Å². The van der Waals surface area contributed by atoms with Crippen LogP contribution in [0.25, 0.3) is 0 Å².